The van der Waals surface area contributed by atoms with Crippen LogP contribution in [0.3, 0.4) is 0 Å². The summed E-state index contributed by atoms with van der Waals surface area (Å²) >= 11 is 3.19. The number of sulfonamides is 1. The van der Waals surface area contributed by atoms with E-state index in [1.807, 2.05) is 0 Å². The number of para-hydroxylation sites is 1. The number of hydrogen-bond donors (Lipinski definition) is 0. The lowest BCUT2D eigenvalue weighted by Gasteiger charge is -2.24. The van der Waals surface area contributed by atoms with Crippen LogP contribution >= 0.6 is 15.9 Å². The summed E-state index contributed by atoms with van der Waals surface area (Å²) < 4.78 is 40.1. The minimum absolute atomic E-state index is 0.0243. The lowest BCUT2D eigenvalue weighted by atomic mass is 10.2. The highest BCUT2D eigenvalue weighted by Gasteiger charge is 2.28. The van der Waals surface area contributed by atoms with Gasteiger partial charge < -0.3 is 0 Å². The lowest BCUT2D eigenvalue weighted by Crippen LogP contribution is -2.31. The topological polar surface area (TPSA) is 49.7 Å². The molecule has 21 heavy (non-hydrogen) atoms. The summed E-state index contributed by atoms with van der Waals surface area (Å²) in [6, 6.07) is 10.8. The minimum Gasteiger partial charge on any atom is -0.252 e. The van der Waals surface area contributed by atoms with E-state index in [4.69, 9.17) is 0 Å². The monoisotopic (exact) mass is 368 g/mol. The number of hydrogen-bond acceptors (Lipinski definition) is 3. The Morgan fingerprint density at radius 1 is 1.19 bits per heavy atom. The molecule has 4 nitrogen and oxygen atoms in total. The van der Waals surface area contributed by atoms with Gasteiger partial charge in [-0.1, -0.05) is 28.1 Å². The largest absolute Gasteiger partial charge is 0.267 e. The number of benzene rings is 2. The second-order valence-corrected chi connectivity index (χ2v) is 7.31. The molecule has 1 aliphatic rings. The number of aliphatic imine (C=N–C) groups is 1. The molecule has 0 aromatic heterocycles. The quantitative estimate of drug-likeness (QED) is 0.814. The van der Waals surface area contributed by atoms with Gasteiger partial charge in [0, 0.05) is 4.47 Å². The van der Waals surface area contributed by atoms with E-state index in [-0.39, 0.29) is 11.4 Å². The van der Waals surface area contributed by atoms with Crippen molar-refractivity contribution in [1.29, 1.82) is 0 Å². The Hall–Kier alpha value is -1.73. The second kappa shape index (κ2) is 5.23. The van der Waals surface area contributed by atoms with Crippen molar-refractivity contribution < 1.29 is 12.8 Å². The van der Waals surface area contributed by atoms with Gasteiger partial charge in [0.25, 0.3) is 10.0 Å². The molecule has 0 aliphatic carbocycles. The maximum Gasteiger partial charge on any atom is 0.267 e. The van der Waals surface area contributed by atoms with Crippen molar-refractivity contribution >= 4 is 38.0 Å². The first-order valence-corrected chi connectivity index (χ1v) is 8.30. The van der Waals surface area contributed by atoms with Crippen molar-refractivity contribution in [3.8, 4) is 0 Å². The molecule has 0 radical (unpaired) electrons. The molecule has 3 rings (SSSR count). The van der Waals surface area contributed by atoms with Crippen molar-refractivity contribution in [1.82, 2.24) is 4.31 Å². The standard InChI is InChI=1S/C14H10BrFN2O2S/c15-11-5-10(6-12(16)7-11)8-18-9-17-13-3-1-2-4-14(13)21(18,19)20/h1-7,9H,8H2. The van der Waals surface area contributed by atoms with Crippen molar-refractivity contribution in [3.05, 3.63) is 58.3 Å². The van der Waals surface area contributed by atoms with Crippen LogP contribution < -0.4 is 0 Å². The first kappa shape index (κ1) is 14.2. The molecule has 0 fully saturated rings. The molecule has 0 amide bonds. The second-order valence-electron chi connectivity index (χ2n) is 4.54. The van der Waals surface area contributed by atoms with Gasteiger partial charge in [0.15, 0.2) is 0 Å². The summed E-state index contributed by atoms with van der Waals surface area (Å²) in [5.41, 5.74) is 0.949. The van der Waals surface area contributed by atoms with E-state index >= 15 is 0 Å². The van der Waals surface area contributed by atoms with Crippen LogP contribution in [0.4, 0.5) is 10.1 Å². The molecule has 1 heterocycles. The third-order valence-electron chi connectivity index (χ3n) is 3.04. The van der Waals surface area contributed by atoms with E-state index < -0.39 is 15.8 Å². The molecule has 0 atom stereocenters. The zero-order chi connectivity index (χ0) is 15.0. The summed E-state index contributed by atoms with van der Waals surface area (Å²) in [5, 5.41) is 0. The van der Waals surface area contributed by atoms with Crippen molar-refractivity contribution in [2.24, 2.45) is 4.99 Å². The Kier molecular flexibility index (Phi) is 3.54. The molecule has 1 aliphatic heterocycles. The van der Waals surface area contributed by atoms with Crippen LogP contribution in [0.5, 0.6) is 0 Å². The van der Waals surface area contributed by atoms with Gasteiger partial charge in [-0.15, -0.1) is 0 Å². The third kappa shape index (κ3) is 2.71. The SMILES string of the molecule is O=S1(=O)c2ccccc2N=CN1Cc1cc(F)cc(Br)c1. The highest BCUT2D eigenvalue weighted by molar-refractivity contribution is 9.10. The van der Waals surface area contributed by atoms with Gasteiger partial charge in [-0.05, 0) is 35.9 Å². The average molecular weight is 369 g/mol. The highest BCUT2D eigenvalue weighted by atomic mass is 79.9. The Bertz CT molecular complexity index is 816. The zero-order valence-corrected chi connectivity index (χ0v) is 13.1. The zero-order valence-electron chi connectivity index (χ0n) is 10.7. The number of halogens is 2. The van der Waals surface area contributed by atoms with Gasteiger partial charge >= 0.3 is 0 Å². The van der Waals surface area contributed by atoms with Gasteiger partial charge in [-0.3, -0.25) is 4.31 Å². The molecule has 7 heteroatoms. The smallest absolute Gasteiger partial charge is 0.252 e. The Morgan fingerprint density at radius 3 is 2.71 bits per heavy atom. The first-order valence-electron chi connectivity index (χ1n) is 6.07. The van der Waals surface area contributed by atoms with E-state index in [0.717, 1.165) is 4.31 Å². The van der Waals surface area contributed by atoms with E-state index in [0.29, 0.717) is 15.7 Å². The molecule has 0 bridgehead atoms. The number of fused-ring (bicyclic) bond motifs is 1. The molecule has 0 saturated carbocycles. The van der Waals surface area contributed by atoms with E-state index in [9.17, 15) is 12.8 Å². The molecule has 2 aromatic carbocycles. The summed E-state index contributed by atoms with van der Waals surface area (Å²) in [6.45, 7) is 0.0243. The van der Waals surface area contributed by atoms with Gasteiger partial charge in [-0.2, -0.15) is 0 Å². The van der Waals surface area contributed by atoms with Crippen LogP contribution in [-0.4, -0.2) is 19.1 Å². The van der Waals surface area contributed by atoms with Gasteiger partial charge in [0.05, 0.1) is 12.2 Å². The van der Waals surface area contributed by atoms with Crippen molar-refractivity contribution in [2.45, 2.75) is 11.4 Å². The maximum absolute atomic E-state index is 13.4. The van der Waals surface area contributed by atoms with Crippen LogP contribution in [-0.2, 0) is 16.6 Å². The molecular formula is C14H10BrFN2O2S. The molecule has 0 unspecified atom stereocenters. The normalized spacial score (nSPS) is 15.8. The van der Waals surface area contributed by atoms with Crippen LogP contribution in [0.1, 0.15) is 5.56 Å². The average Bonchev–Trinajstić information content (AvgIpc) is 2.41. The van der Waals surface area contributed by atoms with Crippen LogP contribution in [0.25, 0.3) is 0 Å². The fourth-order valence-electron chi connectivity index (χ4n) is 2.10. The van der Waals surface area contributed by atoms with Crippen molar-refractivity contribution in [3.63, 3.8) is 0 Å². The molecular weight excluding hydrogens is 359 g/mol. The summed E-state index contributed by atoms with van der Waals surface area (Å²) in [4.78, 5) is 4.28. The van der Waals surface area contributed by atoms with Crippen LogP contribution in [0.15, 0.2) is 56.8 Å². The van der Waals surface area contributed by atoms with Gasteiger partial charge in [0.2, 0.25) is 0 Å². The molecule has 108 valence electrons. The van der Waals surface area contributed by atoms with Gasteiger partial charge in [-0.25, -0.2) is 17.8 Å². The Balaban J connectivity index is 1.98. The summed E-state index contributed by atoms with van der Waals surface area (Å²) in [5.74, 6) is -0.425. The predicted molar refractivity (Wildman–Crippen MR) is 81.4 cm³/mol. The molecule has 0 N–H and O–H groups in total. The summed E-state index contributed by atoms with van der Waals surface area (Å²) in [7, 11) is -3.66. The Labute approximate surface area is 130 Å². The highest BCUT2D eigenvalue weighted by Crippen LogP contribution is 2.30. The summed E-state index contributed by atoms with van der Waals surface area (Å²) in [6.07, 6.45) is 1.26. The van der Waals surface area contributed by atoms with E-state index in [1.54, 1.807) is 24.3 Å². The van der Waals surface area contributed by atoms with Crippen LogP contribution in [0.2, 0.25) is 0 Å². The third-order valence-corrected chi connectivity index (χ3v) is 5.24. The van der Waals surface area contributed by atoms with E-state index in [1.165, 1.54) is 24.5 Å². The fraction of sp³-hybridized carbons (Fsp3) is 0.0714. The fourth-order valence-corrected chi connectivity index (χ4v) is 4.00. The molecule has 0 spiro atoms. The minimum atomic E-state index is -3.66. The Morgan fingerprint density at radius 2 is 1.95 bits per heavy atom. The van der Waals surface area contributed by atoms with Crippen LogP contribution in [0, 0.1) is 5.82 Å². The van der Waals surface area contributed by atoms with Crippen molar-refractivity contribution in [2.75, 3.05) is 0 Å². The van der Waals surface area contributed by atoms with E-state index in [2.05, 4.69) is 20.9 Å². The first-order chi connectivity index (χ1) is 9.96. The molecule has 0 saturated heterocycles. The maximum atomic E-state index is 13.4. The molecule has 2 aromatic rings. The number of nitrogens with zero attached hydrogens (tertiary/aromatic N) is 2. The lowest BCUT2D eigenvalue weighted by molar-refractivity contribution is 0.520. The predicted octanol–water partition coefficient (Wildman–Crippen LogP) is 3.45. The number of rotatable bonds is 2. The van der Waals surface area contributed by atoms with Gasteiger partial charge in [0.1, 0.15) is 17.1 Å².